The van der Waals surface area contributed by atoms with Crippen LogP contribution in [0.25, 0.3) is 5.69 Å². The van der Waals surface area contributed by atoms with Crippen LogP contribution in [0.3, 0.4) is 0 Å². The lowest BCUT2D eigenvalue weighted by Gasteiger charge is -1.99. The molecule has 0 atom stereocenters. The molecule has 72 valence electrons. The molecule has 0 radical (unpaired) electrons. The van der Waals surface area contributed by atoms with Crippen LogP contribution in [0.4, 0.5) is 5.95 Å². The number of hydrogen-bond donors (Lipinski definition) is 1. The number of benzene rings is 1. The van der Waals surface area contributed by atoms with Gasteiger partial charge in [-0.2, -0.15) is 0 Å². The Morgan fingerprint density at radius 1 is 1.29 bits per heavy atom. The van der Waals surface area contributed by atoms with Gasteiger partial charge in [0.1, 0.15) is 0 Å². The van der Waals surface area contributed by atoms with E-state index in [1.807, 2.05) is 18.2 Å². The van der Waals surface area contributed by atoms with Crippen molar-refractivity contribution in [3.8, 4) is 5.69 Å². The van der Waals surface area contributed by atoms with Crippen LogP contribution in [0.5, 0.6) is 0 Å². The summed E-state index contributed by atoms with van der Waals surface area (Å²) >= 11 is 1.79. The van der Waals surface area contributed by atoms with Crippen LogP contribution in [0.1, 0.15) is 0 Å². The molecule has 2 aromatic rings. The van der Waals surface area contributed by atoms with E-state index in [1.165, 1.54) is 7.46 Å². The molecule has 1 aromatic heterocycles. The summed E-state index contributed by atoms with van der Waals surface area (Å²) in [5, 5.41) is 3.82. The fourth-order valence-corrected chi connectivity index (χ4v) is 1.61. The lowest BCUT2D eigenvalue weighted by molar-refractivity contribution is 0.968. The lowest BCUT2D eigenvalue weighted by Crippen LogP contribution is -2.19. The molecule has 0 aliphatic heterocycles. The highest BCUT2D eigenvalue weighted by molar-refractivity contribution is 14.1. The van der Waals surface area contributed by atoms with Crippen LogP contribution >= 0.6 is 22.9 Å². The Kier molecular flexibility index (Phi) is 2.28. The van der Waals surface area contributed by atoms with Gasteiger partial charge in [0.2, 0.25) is 5.95 Å². The molecule has 2 N–H and O–H groups in total. The van der Waals surface area contributed by atoms with E-state index in [-0.39, 0.29) is 11.6 Å². The molecule has 0 unspecified atom stereocenters. The van der Waals surface area contributed by atoms with Gasteiger partial charge in [0.15, 0.2) is 0 Å². The van der Waals surface area contributed by atoms with E-state index < -0.39 is 0 Å². The van der Waals surface area contributed by atoms with Gasteiger partial charge in [0.25, 0.3) is 0 Å². The van der Waals surface area contributed by atoms with E-state index >= 15 is 0 Å². The number of nitrogens with zero attached hydrogens (tertiary/aromatic N) is 3. The van der Waals surface area contributed by atoms with E-state index in [0.29, 0.717) is 0 Å². The van der Waals surface area contributed by atoms with Crippen molar-refractivity contribution >= 4 is 28.8 Å². The quantitative estimate of drug-likeness (QED) is 0.793. The van der Waals surface area contributed by atoms with Crippen molar-refractivity contribution in [1.82, 2.24) is 12.6 Å². The molecule has 5 nitrogen and oxygen atoms in total. The zero-order chi connectivity index (χ0) is 10.1. The maximum absolute atomic E-state index is 11.6. The molecule has 2 rings (SSSR count). The van der Waals surface area contributed by atoms with Crippen LogP contribution < -0.4 is 11.4 Å². The molecular weight excluding hydrogens is 295 g/mol. The molecule has 0 aliphatic carbocycles. The SMILES string of the molecule is Nc1nn(I)c(=O)n1-c1ccccc1. The number of nitrogens with two attached hydrogens (primary N) is 1. The van der Waals surface area contributed by atoms with Crippen LogP contribution in [0.2, 0.25) is 0 Å². The first kappa shape index (κ1) is 9.25. The Balaban J connectivity index is 2.69. The minimum absolute atomic E-state index is 0.190. The first-order valence-corrected chi connectivity index (χ1v) is 4.86. The van der Waals surface area contributed by atoms with Gasteiger partial charge in [-0.15, -0.1) is 7.99 Å². The van der Waals surface area contributed by atoms with Gasteiger partial charge in [0, 0.05) is 0 Å². The van der Waals surface area contributed by atoms with E-state index in [9.17, 15) is 4.79 Å². The van der Waals surface area contributed by atoms with Gasteiger partial charge in [-0.3, -0.25) is 0 Å². The minimum atomic E-state index is -0.255. The van der Waals surface area contributed by atoms with Crippen molar-refractivity contribution in [3.05, 3.63) is 40.8 Å². The fraction of sp³-hybridized carbons (Fsp3) is 0. The molecule has 6 heteroatoms. The molecule has 1 aromatic carbocycles. The first-order valence-electron chi connectivity index (χ1n) is 3.89. The monoisotopic (exact) mass is 302 g/mol. The number of halogens is 1. The predicted octanol–water partition coefficient (Wildman–Crippen LogP) is 0.814. The maximum atomic E-state index is 11.6. The predicted molar refractivity (Wildman–Crippen MR) is 61.7 cm³/mol. The Hall–Kier alpha value is -1.31. The van der Waals surface area contributed by atoms with Crippen LogP contribution in [-0.2, 0) is 0 Å². The fourth-order valence-electron chi connectivity index (χ4n) is 1.18. The van der Waals surface area contributed by atoms with Gasteiger partial charge in [-0.05, 0) is 12.1 Å². The molecule has 1 heterocycles. The average molecular weight is 302 g/mol. The molecular formula is C8H7IN4O. The van der Waals surface area contributed by atoms with Crippen molar-refractivity contribution < 1.29 is 0 Å². The zero-order valence-corrected chi connectivity index (χ0v) is 9.25. The molecule has 0 amide bonds. The largest absolute Gasteiger partial charge is 0.368 e. The van der Waals surface area contributed by atoms with Crippen LogP contribution in [0.15, 0.2) is 35.1 Å². The standard InChI is InChI=1S/C8H7IN4O/c9-13-8(14)12(7(10)11-13)6-4-2-1-3-5-6/h1-5H,(H2,10,11). The summed E-state index contributed by atoms with van der Waals surface area (Å²) in [4.78, 5) is 11.6. The van der Waals surface area contributed by atoms with Crippen molar-refractivity contribution in [2.45, 2.75) is 0 Å². The minimum Gasteiger partial charge on any atom is -0.368 e. The lowest BCUT2D eigenvalue weighted by atomic mass is 10.3. The summed E-state index contributed by atoms with van der Waals surface area (Å²) in [7, 11) is 0. The Bertz CT molecular complexity index is 502. The molecule has 0 bridgehead atoms. The van der Waals surface area contributed by atoms with Gasteiger partial charge >= 0.3 is 5.69 Å². The van der Waals surface area contributed by atoms with E-state index in [0.717, 1.165) is 5.69 Å². The summed E-state index contributed by atoms with van der Waals surface area (Å²) in [6, 6.07) is 9.16. The smallest absolute Gasteiger partial charge is 0.361 e. The molecule has 0 fully saturated rings. The third-order valence-electron chi connectivity index (χ3n) is 1.78. The summed E-state index contributed by atoms with van der Waals surface area (Å²) in [6.07, 6.45) is 0. The Morgan fingerprint density at radius 2 is 1.93 bits per heavy atom. The average Bonchev–Trinajstić information content (AvgIpc) is 2.43. The second-order valence-electron chi connectivity index (χ2n) is 2.67. The molecule has 0 saturated carbocycles. The Morgan fingerprint density at radius 3 is 2.43 bits per heavy atom. The first-order chi connectivity index (χ1) is 6.70. The number of anilines is 1. The summed E-state index contributed by atoms with van der Waals surface area (Å²) < 4.78 is 2.53. The van der Waals surface area contributed by atoms with Crippen molar-refractivity contribution in [2.24, 2.45) is 0 Å². The van der Waals surface area contributed by atoms with Gasteiger partial charge in [0.05, 0.1) is 28.6 Å². The molecule has 0 aliphatic rings. The zero-order valence-electron chi connectivity index (χ0n) is 7.09. The van der Waals surface area contributed by atoms with E-state index in [4.69, 9.17) is 5.73 Å². The van der Waals surface area contributed by atoms with E-state index in [2.05, 4.69) is 5.10 Å². The normalized spacial score (nSPS) is 10.4. The second kappa shape index (κ2) is 3.45. The Labute approximate surface area is 93.6 Å². The number of hydrogen-bond acceptors (Lipinski definition) is 3. The van der Waals surface area contributed by atoms with Gasteiger partial charge in [-0.1, -0.05) is 18.2 Å². The highest BCUT2D eigenvalue weighted by Crippen LogP contribution is 2.08. The van der Waals surface area contributed by atoms with Gasteiger partial charge in [-0.25, -0.2) is 9.36 Å². The summed E-state index contributed by atoms with van der Waals surface area (Å²) in [5.74, 6) is 0.190. The number of para-hydroxylation sites is 1. The second-order valence-corrected chi connectivity index (χ2v) is 3.59. The summed E-state index contributed by atoms with van der Waals surface area (Å²) in [5.41, 5.74) is 6.07. The third-order valence-corrected chi connectivity index (χ3v) is 2.41. The number of aromatic nitrogens is 3. The van der Waals surface area contributed by atoms with Crippen molar-refractivity contribution in [3.63, 3.8) is 0 Å². The topological polar surface area (TPSA) is 65.8 Å². The maximum Gasteiger partial charge on any atom is 0.361 e. The number of nitrogen functional groups attached to an aromatic ring is 1. The van der Waals surface area contributed by atoms with Crippen LogP contribution in [-0.4, -0.2) is 12.6 Å². The van der Waals surface area contributed by atoms with E-state index in [1.54, 1.807) is 35.0 Å². The summed E-state index contributed by atoms with van der Waals surface area (Å²) in [6.45, 7) is 0. The van der Waals surface area contributed by atoms with Crippen molar-refractivity contribution in [1.29, 1.82) is 0 Å². The highest BCUT2D eigenvalue weighted by atomic mass is 127. The molecule has 14 heavy (non-hydrogen) atoms. The molecule has 0 saturated heterocycles. The molecule has 0 spiro atoms. The third kappa shape index (κ3) is 1.41. The van der Waals surface area contributed by atoms with Crippen LogP contribution in [0, 0.1) is 0 Å². The highest BCUT2D eigenvalue weighted by Gasteiger charge is 2.09. The van der Waals surface area contributed by atoms with Gasteiger partial charge < -0.3 is 5.73 Å². The number of rotatable bonds is 1. The van der Waals surface area contributed by atoms with Crippen molar-refractivity contribution in [2.75, 3.05) is 5.73 Å².